The molecule has 0 amide bonds. The number of ether oxygens (including phenoxy) is 2. The van der Waals surface area contributed by atoms with E-state index in [9.17, 15) is 0 Å². The molecule has 7 heteroatoms. The van der Waals surface area contributed by atoms with Gasteiger partial charge in [0.25, 0.3) is 0 Å². The summed E-state index contributed by atoms with van der Waals surface area (Å²) in [5.41, 5.74) is 3.30. The lowest BCUT2D eigenvalue weighted by molar-refractivity contribution is 0.392. The number of methoxy groups -OCH3 is 2. The first-order valence-corrected chi connectivity index (χ1v) is 9.56. The molecule has 2 aromatic heterocycles. The zero-order valence-electron chi connectivity index (χ0n) is 16.2. The second-order valence-electron chi connectivity index (χ2n) is 6.97. The molecule has 146 valence electrons. The SMILES string of the molecule is COc1cc(OC)cc(-c2cc3nccnc3c(NCC3CCCNC3)n2)c1. The minimum Gasteiger partial charge on any atom is -0.497 e. The van der Waals surface area contributed by atoms with Crippen LogP contribution in [-0.2, 0) is 0 Å². The Kier molecular flexibility index (Phi) is 5.53. The van der Waals surface area contributed by atoms with Crippen LogP contribution in [0.5, 0.6) is 11.5 Å². The van der Waals surface area contributed by atoms with Crippen LogP contribution in [0.4, 0.5) is 5.82 Å². The molecule has 28 heavy (non-hydrogen) atoms. The third-order valence-corrected chi connectivity index (χ3v) is 5.06. The molecule has 0 bridgehead atoms. The first-order chi connectivity index (χ1) is 13.8. The number of benzene rings is 1. The third-order valence-electron chi connectivity index (χ3n) is 5.06. The molecular formula is C21H25N5O2. The number of anilines is 1. The highest BCUT2D eigenvalue weighted by molar-refractivity contribution is 5.88. The van der Waals surface area contributed by atoms with Gasteiger partial charge in [-0.2, -0.15) is 0 Å². The molecule has 1 aliphatic rings. The van der Waals surface area contributed by atoms with Crippen LogP contribution in [0.3, 0.4) is 0 Å². The molecule has 0 radical (unpaired) electrons. The monoisotopic (exact) mass is 379 g/mol. The van der Waals surface area contributed by atoms with Gasteiger partial charge in [0.2, 0.25) is 0 Å². The minimum atomic E-state index is 0.586. The van der Waals surface area contributed by atoms with E-state index in [2.05, 4.69) is 20.6 Å². The standard InChI is InChI=1S/C21H25N5O2/c1-27-16-8-15(9-17(10-16)28-2)18-11-19-20(24-7-6-23-19)21(26-18)25-13-14-4-3-5-22-12-14/h6-11,14,22H,3-5,12-13H2,1-2H3,(H,25,26). The van der Waals surface area contributed by atoms with Gasteiger partial charge in [0.1, 0.15) is 17.0 Å². The van der Waals surface area contributed by atoms with Gasteiger partial charge in [-0.3, -0.25) is 4.98 Å². The van der Waals surface area contributed by atoms with Crippen LogP contribution in [-0.4, -0.2) is 48.8 Å². The molecule has 1 unspecified atom stereocenters. The predicted octanol–water partition coefficient (Wildman–Crippen LogP) is 3.12. The minimum absolute atomic E-state index is 0.586. The Bertz CT molecular complexity index is 934. The molecular weight excluding hydrogens is 354 g/mol. The van der Waals surface area contributed by atoms with Crippen LogP contribution in [0.2, 0.25) is 0 Å². The van der Waals surface area contributed by atoms with E-state index in [0.29, 0.717) is 5.92 Å². The Hall–Kier alpha value is -2.93. The fourth-order valence-electron chi connectivity index (χ4n) is 3.54. The molecule has 3 heterocycles. The van der Waals surface area contributed by atoms with Crippen molar-refractivity contribution in [2.45, 2.75) is 12.8 Å². The molecule has 7 nitrogen and oxygen atoms in total. The Balaban J connectivity index is 1.71. The quantitative estimate of drug-likeness (QED) is 0.681. The fraction of sp³-hybridized carbons (Fsp3) is 0.381. The van der Waals surface area contributed by atoms with Crippen molar-refractivity contribution in [2.24, 2.45) is 5.92 Å². The van der Waals surface area contributed by atoms with E-state index >= 15 is 0 Å². The second kappa shape index (κ2) is 8.39. The molecule has 4 rings (SSSR count). The molecule has 0 spiro atoms. The summed E-state index contributed by atoms with van der Waals surface area (Å²) < 4.78 is 10.8. The summed E-state index contributed by atoms with van der Waals surface area (Å²) in [6.45, 7) is 3.00. The zero-order valence-corrected chi connectivity index (χ0v) is 16.2. The average Bonchev–Trinajstić information content (AvgIpc) is 2.77. The predicted molar refractivity (Wildman–Crippen MR) is 110 cm³/mol. The van der Waals surface area contributed by atoms with Gasteiger partial charge in [-0.15, -0.1) is 0 Å². The molecule has 1 aliphatic heterocycles. The van der Waals surface area contributed by atoms with E-state index in [1.165, 1.54) is 12.8 Å². The summed E-state index contributed by atoms with van der Waals surface area (Å²) >= 11 is 0. The number of rotatable bonds is 6. The lowest BCUT2D eigenvalue weighted by atomic mass is 10.00. The molecule has 3 aromatic rings. The van der Waals surface area contributed by atoms with Crippen molar-refractivity contribution >= 4 is 16.9 Å². The summed E-state index contributed by atoms with van der Waals surface area (Å²) in [6, 6.07) is 7.69. The van der Waals surface area contributed by atoms with E-state index in [1.807, 2.05) is 24.3 Å². The maximum Gasteiger partial charge on any atom is 0.154 e. The van der Waals surface area contributed by atoms with Gasteiger partial charge in [0, 0.05) is 30.6 Å². The Morgan fingerprint density at radius 1 is 1.07 bits per heavy atom. The van der Waals surface area contributed by atoms with E-state index in [0.717, 1.165) is 59.2 Å². The number of nitrogens with one attached hydrogen (secondary N) is 2. The molecule has 0 saturated carbocycles. The lowest BCUT2D eigenvalue weighted by Gasteiger charge is -2.23. The fourth-order valence-corrected chi connectivity index (χ4v) is 3.54. The number of aromatic nitrogens is 3. The van der Waals surface area contributed by atoms with Crippen LogP contribution >= 0.6 is 0 Å². The summed E-state index contributed by atoms with van der Waals surface area (Å²) in [6.07, 6.45) is 5.83. The van der Waals surface area contributed by atoms with Gasteiger partial charge in [-0.25, -0.2) is 9.97 Å². The van der Waals surface area contributed by atoms with Crippen molar-refractivity contribution in [3.63, 3.8) is 0 Å². The molecule has 1 saturated heterocycles. The van der Waals surface area contributed by atoms with Gasteiger partial charge in [-0.05, 0) is 50.0 Å². The Labute approximate surface area is 164 Å². The van der Waals surface area contributed by atoms with Crippen LogP contribution in [0, 0.1) is 5.92 Å². The maximum absolute atomic E-state index is 5.41. The van der Waals surface area contributed by atoms with Crippen molar-refractivity contribution in [1.82, 2.24) is 20.3 Å². The van der Waals surface area contributed by atoms with E-state index in [4.69, 9.17) is 14.5 Å². The first kappa shape index (κ1) is 18.4. The van der Waals surface area contributed by atoms with Gasteiger partial charge in [-0.1, -0.05) is 0 Å². The number of pyridine rings is 1. The number of piperidine rings is 1. The number of fused-ring (bicyclic) bond motifs is 1. The maximum atomic E-state index is 5.41. The van der Waals surface area contributed by atoms with Gasteiger partial charge in [0.05, 0.1) is 25.4 Å². The van der Waals surface area contributed by atoms with Crippen molar-refractivity contribution in [2.75, 3.05) is 39.2 Å². The molecule has 0 aliphatic carbocycles. The smallest absolute Gasteiger partial charge is 0.154 e. The van der Waals surface area contributed by atoms with Crippen LogP contribution in [0.1, 0.15) is 12.8 Å². The summed E-state index contributed by atoms with van der Waals surface area (Å²) in [7, 11) is 3.28. The van der Waals surface area contributed by atoms with Gasteiger partial charge >= 0.3 is 0 Å². The molecule has 2 N–H and O–H groups in total. The highest BCUT2D eigenvalue weighted by atomic mass is 16.5. The van der Waals surface area contributed by atoms with Crippen molar-refractivity contribution < 1.29 is 9.47 Å². The summed E-state index contributed by atoms with van der Waals surface area (Å²) in [5.74, 6) is 2.78. The number of nitrogens with zero attached hydrogens (tertiary/aromatic N) is 3. The van der Waals surface area contributed by atoms with Crippen molar-refractivity contribution in [3.8, 4) is 22.8 Å². The normalized spacial score (nSPS) is 16.7. The highest BCUT2D eigenvalue weighted by Crippen LogP contribution is 2.31. The van der Waals surface area contributed by atoms with Gasteiger partial charge in [0.15, 0.2) is 5.82 Å². The number of hydrogen-bond donors (Lipinski definition) is 2. The first-order valence-electron chi connectivity index (χ1n) is 9.56. The van der Waals surface area contributed by atoms with Crippen LogP contribution in [0.15, 0.2) is 36.7 Å². The van der Waals surface area contributed by atoms with Crippen molar-refractivity contribution in [1.29, 1.82) is 0 Å². The average molecular weight is 379 g/mol. The summed E-state index contributed by atoms with van der Waals surface area (Å²) in [4.78, 5) is 13.8. The largest absolute Gasteiger partial charge is 0.497 e. The molecule has 1 fully saturated rings. The van der Waals surface area contributed by atoms with Crippen LogP contribution < -0.4 is 20.1 Å². The lowest BCUT2D eigenvalue weighted by Crippen LogP contribution is -2.33. The third kappa shape index (κ3) is 3.99. The van der Waals surface area contributed by atoms with Crippen molar-refractivity contribution in [3.05, 3.63) is 36.7 Å². The van der Waals surface area contributed by atoms with E-state index in [-0.39, 0.29) is 0 Å². The molecule has 1 atom stereocenters. The van der Waals surface area contributed by atoms with E-state index in [1.54, 1.807) is 26.6 Å². The van der Waals surface area contributed by atoms with E-state index < -0.39 is 0 Å². The Morgan fingerprint density at radius 2 is 1.86 bits per heavy atom. The molecule has 1 aromatic carbocycles. The Morgan fingerprint density at radius 3 is 2.57 bits per heavy atom. The highest BCUT2D eigenvalue weighted by Gasteiger charge is 2.16. The van der Waals surface area contributed by atoms with Gasteiger partial charge < -0.3 is 20.1 Å². The van der Waals surface area contributed by atoms with Crippen LogP contribution in [0.25, 0.3) is 22.3 Å². The topological polar surface area (TPSA) is 81.2 Å². The second-order valence-corrected chi connectivity index (χ2v) is 6.97. The zero-order chi connectivity index (χ0) is 19.3. The number of hydrogen-bond acceptors (Lipinski definition) is 7. The summed E-state index contributed by atoms with van der Waals surface area (Å²) in [5, 5.41) is 6.96.